The standard InChI is InChI=1S/C25H26O7/c1-28-17-7-4-15(5-8-17)25(27)32-18-9-10-19-22(13-18)31-14-20(24(19)26)16-6-11-21(29-2)23(12-16)30-3/h4-8,11-12,14,18-19,22H,9-10,13H2,1-3H3. The second-order valence-electron chi connectivity index (χ2n) is 7.82. The summed E-state index contributed by atoms with van der Waals surface area (Å²) in [4.78, 5) is 25.7. The number of methoxy groups -OCH3 is 3. The average Bonchev–Trinajstić information content (AvgIpc) is 2.83. The van der Waals surface area contributed by atoms with Crippen molar-refractivity contribution in [2.45, 2.75) is 31.5 Å². The van der Waals surface area contributed by atoms with Crippen LogP contribution >= 0.6 is 0 Å². The normalized spacial score (nSPS) is 22.2. The number of hydrogen-bond acceptors (Lipinski definition) is 7. The zero-order valence-electron chi connectivity index (χ0n) is 18.3. The Morgan fingerprint density at radius 3 is 2.38 bits per heavy atom. The van der Waals surface area contributed by atoms with Crippen LogP contribution in [-0.4, -0.2) is 45.3 Å². The summed E-state index contributed by atoms with van der Waals surface area (Å²) in [5.74, 6) is 1.20. The summed E-state index contributed by atoms with van der Waals surface area (Å²) < 4.78 is 27.3. The summed E-state index contributed by atoms with van der Waals surface area (Å²) in [7, 11) is 4.69. The number of ketones is 1. The first-order valence-electron chi connectivity index (χ1n) is 10.5. The van der Waals surface area contributed by atoms with Gasteiger partial charge in [-0.05, 0) is 54.8 Å². The summed E-state index contributed by atoms with van der Waals surface area (Å²) >= 11 is 0. The highest BCUT2D eigenvalue weighted by atomic mass is 16.5. The average molecular weight is 438 g/mol. The Labute approximate surface area is 186 Å². The predicted octanol–water partition coefficient (Wildman–Crippen LogP) is 4.05. The molecule has 1 aliphatic carbocycles. The third kappa shape index (κ3) is 4.28. The molecule has 32 heavy (non-hydrogen) atoms. The van der Waals surface area contributed by atoms with E-state index in [0.29, 0.717) is 47.6 Å². The van der Waals surface area contributed by atoms with Gasteiger partial charge in [0, 0.05) is 6.42 Å². The summed E-state index contributed by atoms with van der Waals surface area (Å²) in [6.45, 7) is 0. The molecule has 4 rings (SSSR count). The van der Waals surface area contributed by atoms with E-state index in [0.717, 1.165) is 5.56 Å². The van der Waals surface area contributed by atoms with Gasteiger partial charge in [0.1, 0.15) is 18.0 Å². The van der Waals surface area contributed by atoms with Crippen molar-refractivity contribution < 1.29 is 33.3 Å². The van der Waals surface area contributed by atoms with E-state index in [1.165, 1.54) is 6.26 Å². The van der Waals surface area contributed by atoms with Crippen molar-refractivity contribution in [3.63, 3.8) is 0 Å². The minimum atomic E-state index is -0.389. The zero-order chi connectivity index (χ0) is 22.7. The molecule has 7 heteroatoms. The molecular weight excluding hydrogens is 412 g/mol. The molecule has 0 saturated heterocycles. The first-order chi connectivity index (χ1) is 15.5. The van der Waals surface area contributed by atoms with Gasteiger partial charge in [0.25, 0.3) is 0 Å². The van der Waals surface area contributed by atoms with Crippen molar-refractivity contribution in [3.8, 4) is 17.2 Å². The van der Waals surface area contributed by atoms with Crippen LogP contribution in [0.5, 0.6) is 17.2 Å². The van der Waals surface area contributed by atoms with Crippen molar-refractivity contribution in [1.29, 1.82) is 0 Å². The number of Topliss-reactive ketones (excluding diaryl/α,β-unsaturated/α-hetero) is 1. The zero-order valence-corrected chi connectivity index (χ0v) is 18.3. The molecule has 1 heterocycles. The van der Waals surface area contributed by atoms with Crippen LogP contribution in [0.2, 0.25) is 0 Å². The summed E-state index contributed by atoms with van der Waals surface area (Å²) in [6, 6.07) is 12.1. The van der Waals surface area contributed by atoms with Crippen molar-refractivity contribution in [2.24, 2.45) is 5.92 Å². The number of rotatable bonds is 6. The lowest BCUT2D eigenvalue weighted by atomic mass is 9.78. The van der Waals surface area contributed by atoms with E-state index < -0.39 is 0 Å². The minimum Gasteiger partial charge on any atom is -0.497 e. The molecule has 0 spiro atoms. The fourth-order valence-electron chi connectivity index (χ4n) is 4.22. The number of hydrogen-bond donors (Lipinski definition) is 0. The lowest BCUT2D eigenvalue weighted by molar-refractivity contribution is -0.126. The summed E-state index contributed by atoms with van der Waals surface area (Å²) in [5.41, 5.74) is 1.70. The molecule has 2 aliphatic rings. The number of benzene rings is 2. The third-order valence-corrected chi connectivity index (χ3v) is 6.00. The number of fused-ring (bicyclic) bond motifs is 1. The molecule has 2 aromatic carbocycles. The Morgan fingerprint density at radius 1 is 0.938 bits per heavy atom. The lowest BCUT2D eigenvalue weighted by Crippen LogP contribution is -2.42. The van der Waals surface area contributed by atoms with E-state index in [2.05, 4.69) is 0 Å². The van der Waals surface area contributed by atoms with E-state index >= 15 is 0 Å². The topological polar surface area (TPSA) is 80.3 Å². The van der Waals surface area contributed by atoms with Gasteiger partial charge in [-0.25, -0.2) is 4.79 Å². The highest BCUT2D eigenvalue weighted by Gasteiger charge is 2.41. The van der Waals surface area contributed by atoms with Crippen LogP contribution in [0.15, 0.2) is 48.7 Å². The smallest absolute Gasteiger partial charge is 0.338 e. The second kappa shape index (κ2) is 9.34. The van der Waals surface area contributed by atoms with Gasteiger partial charge in [-0.3, -0.25) is 4.79 Å². The van der Waals surface area contributed by atoms with Crippen LogP contribution in [0, 0.1) is 5.92 Å². The van der Waals surface area contributed by atoms with Crippen molar-refractivity contribution >= 4 is 17.3 Å². The van der Waals surface area contributed by atoms with Crippen LogP contribution in [0.25, 0.3) is 5.57 Å². The Balaban J connectivity index is 1.43. The fraction of sp³-hybridized carbons (Fsp3) is 0.360. The van der Waals surface area contributed by atoms with Gasteiger partial charge in [-0.2, -0.15) is 0 Å². The van der Waals surface area contributed by atoms with E-state index in [9.17, 15) is 9.59 Å². The third-order valence-electron chi connectivity index (χ3n) is 6.00. The van der Waals surface area contributed by atoms with Crippen LogP contribution in [0.3, 0.4) is 0 Å². The van der Waals surface area contributed by atoms with Gasteiger partial charge in [0.05, 0.1) is 44.6 Å². The Hall–Kier alpha value is -3.48. The maximum Gasteiger partial charge on any atom is 0.338 e. The van der Waals surface area contributed by atoms with Crippen molar-refractivity contribution in [1.82, 2.24) is 0 Å². The van der Waals surface area contributed by atoms with Gasteiger partial charge >= 0.3 is 5.97 Å². The van der Waals surface area contributed by atoms with Crippen molar-refractivity contribution in [2.75, 3.05) is 21.3 Å². The number of esters is 1. The number of carbonyl (C=O) groups excluding carboxylic acids is 2. The highest BCUT2D eigenvalue weighted by molar-refractivity contribution is 6.22. The largest absolute Gasteiger partial charge is 0.497 e. The minimum absolute atomic E-state index is 0.0356. The molecule has 2 aromatic rings. The Morgan fingerprint density at radius 2 is 1.69 bits per heavy atom. The summed E-state index contributed by atoms with van der Waals surface area (Å²) in [6.07, 6.45) is 2.59. The quantitative estimate of drug-likeness (QED) is 0.630. The van der Waals surface area contributed by atoms with Crippen LogP contribution in [0.4, 0.5) is 0 Å². The first kappa shape index (κ1) is 21.7. The molecule has 0 radical (unpaired) electrons. The molecule has 0 amide bonds. The van der Waals surface area contributed by atoms with Gasteiger partial charge in [0.2, 0.25) is 0 Å². The van der Waals surface area contributed by atoms with Crippen LogP contribution < -0.4 is 14.2 Å². The monoisotopic (exact) mass is 438 g/mol. The fourth-order valence-corrected chi connectivity index (χ4v) is 4.22. The van der Waals surface area contributed by atoms with Gasteiger partial charge in [-0.15, -0.1) is 0 Å². The highest BCUT2D eigenvalue weighted by Crippen LogP contribution is 2.39. The number of carbonyl (C=O) groups is 2. The maximum absolute atomic E-state index is 13.2. The van der Waals surface area contributed by atoms with Gasteiger partial charge < -0.3 is 23.7 Å². The van der Waals surface area contributed by atoms with Gasteiger partial charge in [-0.1, -0.05) is 6.07 Å². The molecule has 0 aromatic heterocycles. The molecule has 1 aliphatic heterocycles. The Kier molecular flexibility index (Phi) is 6.35. The van der Waals surface area contributed by atoms with E-state index in [1.807, 2.05) is 6.07 Å². The summed E-state index contributed by atoms with van der Waals surface area (Å²) in [5, 5.41) is 0. The molecule has 0 bridgehead atoms. The van der Waals surface area contributed by atoms with Crippen LogP contribution in [0.1, 0.15) is 35.2 Å². The van der Waals surface area contributed by atoms with E-state index in [4.69, 9.17) is 23.7 Å². The van der Waals surface area contributed by atoms with E-state index in [-0.39, 0.29) is 29.9 Å². The molecule has 168 valence electrons. The number of allylic oxidation sites excluding steroid dienone is 1. The molecule has 3 unspecified atom stereocenters. The predicted molar refractivity (Wildman–Crippen MR) is 117 cm³/mol. The molecule has 1 saturated carbocycles. The van der Waals surface area contributed by atoms with Crippen molar-refractivity contribution in [3.05, 3.63) is 59.9 Å². The molecule has 0 N–H and O–H groups in total. The van der Waals surface area contributed by atoms with Crippen LogP contribution in [-0.2, 0) is 14.3 Å². The van der Waals surface area contributed by atoms with Gasteiger partial charge in [0.15, 0.2) is 17.3 Å². The molecule has 3 atom stereocenters. The maximum atomic E-state index is 13.2. The molecule has 7 nitrogen and oxygen atoms in total. The SMILES string of the molecule is COc1ccc(C(=O)OC2CCC3C(=O)C(c4ccc(OC)c(OC)c4)=COC3C2)cc1. The first-order valence-corrected chi connectivity index (χ1v) is 10.5. The lowest BCUT2D eigenvalue weighted by Gasteiger charge is -2.37. The van der Waals surface area contributed by atoms with E-state index in [1.54, 1.807) is 57.7 Å². The molecular formula is C25H26O7. The second-order valence-corrected chi connectivity index (χ2v) is 7.82. The molecule has 1 fully saturated rings. The Bertz CT molecular complexity index is 1030. The number of ether oxygens (including phenoxy) is 5.